The fraction of sp³-hybridized carbons (Fsp3) is 0.267. The number of alkyl halides is 3. The van der Waals surface area contributed by atoms with Crippen LogP contribution in [0.5, 0.6) is 0 Å². The van der Waals surface area contributed by atoms with E-state index < -0.39 is 23.0 Å². The van der Waals surface area contributed by atoms with E-state index in [0.29, 0.717) is 0 Å². The molecule has 0 bridgehead atoms. The van der Waals surface area contributed by atoms with Gasteiger partial charge in [-0.25, -0.2) is 4.79 Å². The van der Waals surface area contributed by atoms with Crippen LogP contribution >= 0.6 is 0 Å². The van der Waals surface area contributed by atoms with Crippen LogP contribution in [0.2, 0.25) is 0 Å². The van der Waals surface area contributed by atoms with Crippen LogP contribution < -0.4 is 16.1 Å². The average Bonchev–Trinajstić information content (AvgIpc) is 3.02. The van der Waals surface area contributed by atoms with E-state index in [2.05, 4.69) is 9.97 Å². The number of nitrogens with one attached hydrogen (secondary N) is 1. The summed E-state index contributed by atoms with van der Waals surface area (Å²) in [4.78, 5) is 32.4. The molecule has 1 N–H and O–H groups in total. The zero-order valence-electron chi connectivity index (χ0n) is 13.5. The average molecular weight is 353 g/mol. The molecule has 0 spiro atoms. The van der Waals surface area contributed by atoms with Gasteiger partial charge in [-0.2, -0.15) is 18.2 Å². The number of H-pyrrole nitrogens is 1. The molecule has 0 saturated carbocycles. The third-order valence-electron chi connectivity index (χ3n) is 3.96. The molecule has 0 amide bonds. The quantitative estimate of drug-likeness (QED) is 0.762. The molecule has 0 fully saturated rings. The number of hydrogen-bond acceptors (Lipinski definition) is 4. The first-order chi connectivity index (χ1) is 11.6. The second-order valence-corrected chi connectivity index (χ2v) is 5.57. The molecule has 0 aliphatic carbocycles. The maximum absolute atomic E-state index is 12.9. The molecule has 0 aliphatic rings. The van der Waals surface area contributed by atoms with Crippen LogP contribution in [0.1, 0.15) is 5.56 Å². The number of halogens is 3. The first-order valence-corrected chi connectivity index (χ1v) is 7.18. The van der Waals surface area contributed by atoms with Crippen molar-refractivity contribution in [2.45, 2.75) is 6.18 Å². The van der Waals surface area contributed by atoms with Crippen LogP contribution in [-0.4, -0.2) is 26.1 Å². The highest BCUT2D eigenvalue weighted by Crippen LogP contribution is 2.32. The minimum absolute atomic E-state index is 0.0958. The van der Waals surface area contributed by atoms with Crippen LogP contribution in [0.3, 0.4) is 0 Å². The van der Waals surface area contributed by atoms with Gasteiger partial charge in [0.25, 0.3) is 5.56 Å². The smallest absolute Gasteiger partial charge is 0.318 e. The highest BCUT2D eigenvalue weighted by Gasteiger charge is 2.31. The number of aromatic amines is 1. The number of benzene rings is 1. The van der Waals surface area contributed by atoms with E-state index in [1.807, 2.05) is 0 Å². The second-order valence-electron chi connectivity index (χ2n) is 5.57. The largest absolute Gasteiger partial charge is 0.416 e. The molecule has 7 nitrogen and oxygen atoms in total. The summed E-state index contributed by atoms with van der Waals surface area (Å²) >= 11 is 0. The van der Waals surface area contributed by atoms with Gasteiger partial charge >= 0.3 is 11.9 Å². The molecule has 132 valence electrons. The van der Waals surface area contributed by atoms with Crippen molar-refractivity contribution < 1.29 is 13.2 Å². The van der Waals surface area contributed by atoms with Crippen molar-refractivity contribution in [2.75, 3.05) is 11.9 Å². The van der Waals surface area contributed by atoms with Gasteiger partial charge in [0.1, 0.15) is 0 Å². The van der Waals surface area contributed by atoms with Crippen molar-refractivity contribution in [3.63, 3.8) is 0 Å². The lowest BCUT2D eigenvalue weighted by Crippen LogP contribution is -2.36. The molecule has 0 radical (unpaired) electrons. The van der Waals surface area contributed by atoms with E-state index in [0.717, 1.165) is 16.7 Å². The molecule has 3 rings (SSSR count). The summed E-state index contributed by atoms with van der Waals surface area (Å²) in [6, 6.07) is 4.71. The minimum atomic E-state index is -4.47. The molecule has 10 heteroatoms. The molecular formula is C15H14F3N5O2. The van der Waals surface area contributed by atoms with Gasteiger partial charge in [0, 0.05) is 26.8 Å². The van der Waals surface area contributed by atoms with Gasteiger partial charge in [-0.1, -0.05) is 6.07 Å². The van der Waals surface area contributed by atoms with Crippen molar-refractivity contribution in [2.24, 2.45) is 14.1 Å². The third kappa shape index (κ3) is 2.69. The van der Waals surface area contributed by atoms with Gasteiger partial charge in [-0.05, 0) is 18.2 Å². The van der Waals surface area contributed by atoms with Gasteiger partial charge in [0.05, 0.1) is 5.56 Å². The van der Waals surface area contributed by atoms with Crippen molar-refractivity contribution in [3.05, 3.63) is 50.7 Å². The Bertz CT molecular complexity index is 1080. The summed E-state index contributed by atoms with van der Waals surface area (Å²) in [5.74, 6) is 0.146. The van der Waals surface area contributed by atoms with Crippen molar-refractivity contribution in [1.29, 1.82) is 0 Å². The maximum Gasteiger partial charge on any atom is 0.416 e. The Morgan fingerprint density at radius 3 is 2.48 bits per heavy atom. The second kappa shape index (κ2) is 5.50. The normalized spacial score (nSPS) is 11.9. The van der Waals surface area contributed by atoms with Gasteiger partial charge in [0.2, 0.25) is 5.95 Å². The first-order valence-electron chi connectivity index (χ1n) is 7.18. The minimum Gasteiger partial charge on any atom is -0.318 e. The van der Waals surface area contributed by atoms with E-state index in [4.69, 9.17) is 0 Å². The molecule has 2 heterocycles. The number of rotatable bonds is 2. The molecule has 1 aromatic carbocycles. The fourth-order valence-corrected chi connectivity index (χ4v) is 2.49. The van der Waals surface area contributed by atoms with Crippen LogP contribution in [0.4, 0.5) is 24.8 Å². The summed E-state index contributed by atoms with van der Waals surface area (Å²) in [6.07, 6.45) is -4.47. The molecule has 25 heavy (non-hydrogen) atoms. The predicted molar refractivity (Wildman–Crippen MR) is 86.1 cm³/mol. The summed E-state index contributed by atoms with van der Waals surface area (Å²) in [6.45, 7) is 0. The van der Waals surface area contributed by atoms with Gasteiger partial charge in [-0.15, -0.1) is 0 Å². The summed E-state index contributed by atoms with van der Waals surface area (Å²) in [5.41, 5.74) is -1.45. The van der Waals surface area contributed by atoms with Gasteiger partial charge in [-0.3, -0.25) is 13.9 Å². The maximum atomic E-state index is 12.9. The summed E-state index contributed by atoms with van der Waals surface area (Å²) in [7, 11) is 4.30. The lowest BCUT2D eigenvalue weighted by Gasteiger charge is -2.17. The molecule has 2 aromatic heterocycles. The zero-order chi connectivity index (χ0) is 18.5. The van der Waals surface area contributed by atoms with E-state index in [-0.39, 0.29) is 22.8 Å². The van der Waals surface area contributed by atoms with Crippen LogP contribution in [0.25, 0.3) is 11.2 Å². The number of aryl methyl sites for hydroxylation is 1. The van der Waals surface area contributed by atoms with Crippen LogP contribution in [0, 0.1) is 0 Å². The Balaban J connectivity index is 2.14. The van der Waals surface area contributed by atoms with E-state index in [1.54, 1.807) is 0 Å². The highest BCUT2D eigenvalue weighted by molar-refractivity contribution is 5.74. The topological polar surface area (TPSA) is 75.9 Å². The van der Waals surface area contributed by atoms with E-state index in [1.165, 1.54) is 42.7 Å². The Hall–Kier alpha value is -3.04. The van der Waals surface area contributed by atoms with Crippen molar-refractivity contribution in [3.8, 4) is 0 Å². The lowest BCUT2D eigenvalue weighted by atomic mass is 10.2. The number of anilines is 2. The number of fused-ring (bicyclic) bond motifs is 1. The Kier molecular flexibility index (Phi) is 3.70. The van der Waals surface area contributed by atoms with Crippen LogP contribution in [0.15, 0.2) is 33.9 Å². The molecule has 0 atom stereocenters. The standard InChI is InChI=1S/C15H14F3N5O2/c1-21(9-6-4-5-8(7-9)15(16,17)18)13-19-10-11(20-13)22(2)14(25)23(3)12(10)24/h4-7H,1-3H3,(H,19,20). The summed E-state index contributed by atoms with van der Waals surface area (Å²) in [5, 5.41) is 0. The third-order valence-corrected chi connectivity index (χ3v) is 3.96. The Morgan fingerprint density at radius 2 is 1.84 bits per heavy atom. The van der Waals surface area contributed by atoms with E-state index >= 15 is 0 Å². The Morgan fingerprint density at radius 1 is 1.16 bits per heavy atom. The number of imidazole rings is 1. The molecule has 0 saturated heterocycles. The van der Waals surface area contributed by atoms with Gasteiger partial charge in [0.15, 0.2) is 11.2 Å². The number of aromatic nitrogens is 4. The molecular weight excluding hydrogens is 339 g/mol. The van der Waals surface area contributed by atoms with Crippen molar-refractivity contribution in [1.82, 2.24) is 19.1 Å². The monoisotopic (exact) mass is 353 g/mol. The predicted octanol–water partition coefficient (Wildman–Crippen LogP) is 1.75. The number of nitrogens with zero attached hydrogens (tertiary/aromatic N) is 4. The summed E-state index contributed by atoms with van der Waals surface area (Å²) < 4.78 is 40.7. The zero-order valence-corrected chi connectivity index (χ0v) is 13.5. The highest BCUT2D eigenvalue weighted by atomic mass is 19.4. The molecule has 0 aliphatic heterocycles. The van der Waals surface area contributed by atoms with Crippen molar-refractivity contribution >= 4 is 22.8 Å². The Labute approximate surface area is 138 Å². The SMILES string of the molecule is CN(c1cccc(C(F)(F)F)c1)c1nc2c([nH]1)c(=O)n(C)c(=O)n2C. The van der Waals surface area contributed by atoms with E-state index in [9.17, 15) is 22.8 Å². The molecule has 0 unspecified atom stereocenters. The van der Waals surface area contributed by atoms with Crippen LogP contribution in [-0.2, 0) is 20.3 Å². The lowest BCUT2D eigenvalue weighted by molar-refractivity contribution is -0.137. The number of hydrogen-bond donors (Lipinski definition) is 1. The fourth-order valence-electron chi connectivity index (χ4n) is 2.49. The molecule has 3 aromatic rings. The van der Waals surface area contributed by atoms with Gasteiger partial charge < -0.3 is 9.88 Å². The first kappa shape index (κ1) is 16.8.